The zero-order chi connectivity index (χ0) is 13.5. The second-order valence-electron chi connectivity index (χ2n) is 5.59. The summed E-state index contributed by atoms with van der Waals surface area (Å²) in [7, 11) is 0. The monoisotopic (exact) mass is 280 g/mol. The lowest BCUT2D eigenvalue weighted by atomic mass is 9.86. The van der Waals surface area contributed by atoms with Gasteiger partial charge in [0.1, 0.15) is 0 Å². The Morgan fingerprint density at radius 1 is 1.20 bits per heavy atom. The Morgan fingerprint density at radius 3 is 3.05 bits per heavy atom. The van der Waals surface area contributed by atoms with Gasteiger partial charge in [-0.2, -0.15) is 5.26 Å². The Balaban J connectivity index is 1.84. The first-order chi connectivity index (χ1) is 9.86. The van der Waals surface area contributed by atoms with E-state index in [4.69, 9.17) is 5.26 Å². The Hall–Kier alpha value is -1.66. The van der Waals surface area contributed by atoms with Crippen LogP contribution in [-0.4, -0.2) is 5.75 Å². The van der Waals surface area contributed by atoms with Crippen LogP contribution < -0.4 is 5.32 Å². The van der Waals surface area contributed by atoms with E-state index >= 15 is 0 Å². The minimum Gasteiger partial charge on any atom is -0.362 e. The average Bonchev–Trinajstić information content (AvgIpc) is 3.12. The van der Waals surface area contributed by atoms with Crippen molar-refractivity contribution >= 4 is 11.8 Å². The average molecular weight is 280 g/mol. The second-order valence-corrected chi connectivity index (χ2v) is 6.73. The molecule has 1 aromatic rings. The zero-order valence-corrected chi connectivity index (χ0v) is 12.1. The molecule has 3 aliphatic rings. The Labute approximate surface area is 123 Å². The zero-order valence-electron chi connectivity index (χ0n) is 11.3. The van der Waals surface area contributed by atoms with E-state index in [1.165, 1.54) is 46.9 Å². The number of rotatable bonds is 1. The van der Waals surface area contributed by atoms with Crippen molar-refractivity contribution in [1.29, 1.82) is 5.26 Å². The molecule has 2 aliphatic heterocycles. The third-order valence-electron chi connectivity index (χ3n) is 4.43. The van der Waals surface area contributed by atoms with Gasteiger partial charge in [0, 0.05) is 28.0 Å². The van der Waals surface area contributed by atoms with Crippen LogP contribution in [-0.2, 0) is 0 Å². The number of thioether (sulfide) groups is 1. The van der Waals surface area contributed by atoms with Crippen molar-refractivity contribution in [1.82, 2.24) is 5.32 Å². The molecule has 0 radical (unpaired) electrons. The van der Waals surface area contributed by atoms with E-state index in [1.54, 1.807) is 5.57 Å². The van der Waals surface area contributed by atoms with Gasteiger partial charge in [-0.05, 0) is 49.0 Å². The number of benzene rings is 1. The normalized spacial score (nSPS) is 24.2. The van der Waals surface area contributed by atoms with Gasteiger partial charge in [0.2, 0.25) is 0 Å². The Bertz CT molecular complexity index is 648. The Kier molecular flexibility index (Phi) is 2.85. The minimum atomic E-state index is 0.407. The Morgan fingerprint density at radius 2 is 2.15 bits per heavy atom. The summed E-state index contributed by atoms with van der Waals surface area (Å²) in [6.07, 6.45) is 4.80. The van der Waals surface area contributed by atoms with Crippen molar-refractivity contribution in [3.8, 4) is 6.07 Å². The van der Waals surface area contributed by atoms with E-state index in [0.717, 1.165) is 12.0 Å². The van der Waals surface area contributed by atoms with Gasteiger partial charge in [0.15, 0.2) is 0 Å². The summed E-state index contributed by atoms with van der Waals surface area (Å²) >= 11 is 1.99. The number of dihydropyridines is 1. The lowest BCUT2D eigenvalue weighted by molar-refractivity contribution is 0.789. The van der Waals surface area contributed by atoms with Gasteiger partial charge in [-0.1, -0.05) is 12.1 Å². The molecule has 0 saturated heterocycles. The molecule has 1 atom stereocenters. The van der Waals surface area contributed by atoms with E-state index in [9.17, 15) is 0 Å². The lowest BCUT2D eigenvalue weighted by Crippen LogP contribution is -2.21. The molecule has 4 rings (SSSR count). The van der Waals surface area contributed by atoms with Gasteiger partial charge in [0.05, 0.1) is 11.6 Å². The summed E-state index contributed by atoms with van der Waals surface area (Å²) < 4.78 is 0. The number of nitrogens with one attached hydrogen (secondary N) is 1. The fourth-order valence-electron chi connectivity index (χ4n) is 3.56. The maximum atomic E-state index is 9.14. The lowest BCUT2D eigenvalue weighted by Gasteiger charge is -2.28. The molecule has 1 N–H and O–H groups in total. The van der Waals surface area contributed by atoms with E-state index < -0.39 is 0 Å². The van der Waals surface area contributed by atoms with E-state index in [0.29, 0.717) is 5.92 Å². The SMILES string of the molecule is N#Cc1cccc(C2C3=C(CCC3)NC3=C2SCC3)c1. The van der Waals surface area contributed by atoms with Gasteiger partial charge in [0.25, 0.3) is 0 Å². The smallest absolute Gasteiger partial charge is 0.0991 e. The quantitative estimate of drug-likeness (QED) is 0.843. The minimum absolute atomic E-state index is 0.407. The maximum Gasteiger partial charge on any atom is 0.0991 e. The number of nitrogens with zero attached hydrogens (tertiary/aromatic N) is 1. The van der Waals surface area contributed by atoms with Crippen LogP contribution in [0.2, 0.25) is 0 Å². The van der Waals surface area contributed by atoms with Gasteiger partial charge in [-0.3, -0.25) is 0 Å². The van der Waals surface area contributed by atoms with E-state index in [-0.39, 0.29) is 0 Å². The van der Waals surface area contributed by atoms with Gasteiger partial charge >= 0.3 is 0 Å². The highest BCUT2D eigenvalue weighted by Crippen LogP contribution is 2.51. The summed E-state index contributed by atoms with van der Waals surface area (Å²) in [4.78, 5) is 1.50. The van der Waals surface area contributed by atoms with Crippen LogP contribution in [0.15, 0.2) is 46.1 Å². The number of allylic oxidation sites excluding steroid dienone is 4. The summed E-state index contributed by atoms with van der Waals surface area (Å²) in [6, 6.07) is 10.4. The van der Waals surface area contributed by atoms with Crippen LogP contribution in [0.3, 0.4) is 0 Å². The van der Waals surface area contributed by atoms with Crippen LogP contribution in [0.25, 0.3) is 0 Å². The molecule has 0 spiro atoms. The first-order valence-electron chi connectivity index (χ1n) is 7.21. The van der Waals surface area contributed by atoms with Gasteiger partial charge in [-0.25, -0.2) is 0 Å². The molecule has 1 aromatic carbocycles. The van der Waals surface area contributed by atoms with Crippen LogP contribution in [0, 0.1) is 11.3 Å². The van der Waals surface area contributed by atoms with Gasteiger partial charge in [-0.15, -0.1) is 11.8 Å². The first-order valence-corrected chi connectivity index (χ1v) is 8.20. The molecular formula is C17H16N2S. The predicted octanol–water partition coefficient (Wildman–Crippen LogP) is 4.03. The first kappa shape index (κ1) is 12.1. The molecule has 2 nitrogen and oxygen atoms in total. The fraction of sp³-hybridized carbons (Fsp3) is 0.353. The number of hydrogen-bond acceptors (Lipinski definition) is 3. The van der Waals surface area contributed by atoms with Gasteiger partial charge < -0.3 is 5.32 Å². The fourth-order valence-corrected chi connectivity index (χ4v) is 4.86. The third kappa shape index (κ3) is 1.79. The number of nitriles is 1. The van der Waals surface area contributed by atoms with Crippen molar-refractivity contribution in [3.05, 3.63) is 57.3 Å². The molecular weight excluding hydrogens is 264 g/mol. The summed E-state index contributed by atoms with van der Waals surface area (Å²) in [5.41, 5.74) is 6.52. The highest BCUT2D eigenvalue weighted by Gasteiger charge is 2.35. The maximum absolute atomic E-state index is 9.14. The van der Waals surface area contributed by atoms with Crippen LogP contribution in [0.5, 0.6) is 0 Å². The number of hydrogen-bond donors (Lipinski definition) is 1. The molecule has 3 heteroatoms. The van der Waals surface area contributed by atoms with E-state index in [1.807, 2.05) is 23.9 Å². The molecule has 1 aliphatic carbocycles. The van der Waals surface area contributed by atoms with Crippen molar-refractivity contribution in [3.63, 3.8) is 0 Å². The molecule has 1 unspecified atom stereocenters. The second kappa shape index (κ2) is 4.71. The van der Waals surface area contributed by atoms with E-state index in [2.05, 4.69) is 23.5 Å². The summed E-state index contributed by atoms with van der Waals surface area (Å²) in [5, 5.41) is 12.8. The standard InChI is InChI=1S/C17H16N2S/c18-10-11-3-1-4-12(9-11)16-13-5-2-6-14(13)19-15-7-8-20-17(15)16/h1,3-4,9,16,19H,2,5-8H2. The highest BCUT2D eigenvalue weighted by molar-refractivity contribution is 8.03. The van der Waals surface area contributed by atoms with Crippen molar-refractivity contribution in [2.75, 3.05) is 5.75 Å². The molecule has 0 saturated carbocycles. The molecule has 20 heavy (non-hydrogen) atoms. The highest BCUT2D eigenvalue weighted by atomic mass is 32.2. The molecule has 0 fully saturated rings. The van der Waals surface area contributed by atoms with Crippen molar-refractivity contribution in [2.45, 2.75) is 31.6 Å². The van der Waals surface area contributed by atoms with Crippen LogP contribution >= 0.6 is 11.8 Å². The van der Waals surface area contributed by atoms with Crippen molar-refractivity contribution < 1.29 is 0 Å². The topological polar surface area (TPSA) is 35.8 Å². The third-order valence-corrected chi connectivity index (χ3v) is 5.63. The molecule has 100 valence electrons. The van der Waals surface area contributed by atoms with Crippen LogP contribution in [0.4, 0.5) is 0 Å². The molecule has 0 bridgehead atoms. The molecule has 0 aromatic heterocycles. The largest absolute Gasteiger partial charge is 0.362 e. The molecule has 2 heterocycles. The predicted molar refractivity (Wildman–Crippen MR) is 82.0 cm³/mol. The van der Waals surface area contributed by atoms with Crippen molar-refractivity contribution in [2.24, 2.45) is 0 Å². The summed E-state index contributed by atoms with van der Waals surface area (Å²) in [6.45, 7) is 0. The van der Waals surface area contributed by atoms with Crippen LogP contribution in [0.1, 0.15) is 42.7 Å². The molecule has 0 amide bonds. The summed E-state index contributed by atoms with van der Waals surface area (Å²) in [5.74, 6) is 1.59.